The summed E-state index contributed by atoms with van der Waals surface area (Å²) in [7, 11) is 0. The van der Waals surface area contributed by atoms with Crippen LogP contribution < -0.4 is 5.73 Å². The molecule has 5 heteroatoms. The third-order valence-corrected chi connectivity index (χ3v) is 2.46. The molecule has 0 amide bonds. The molecule has 0 unspecified atom stereocenters. The van der Waals surface area contributed by atoms with Crippen LogP contribution in [0.15, 0.2) is 12.1 Å². The Morgan fingerprint density at radius 1 is 1.38 bits per heavy atom. The second-order valence-corrected chi connectivity index (χ2v) is 3.74. The molecule has 1 aromatic rings. The molecule has 0 aliphatic rings. The van der Waals surface area contributed by atoms with Crippen molar-refractivity contribution in [2.75, 3.05) is 6.61 Å². The minimum Gasteiger partial charge on any atom is -0.394 e. The summed E-state index contributed by atoms with van der Waals surface area (Å²) in [5, 5.41) is 8.66. The van der Waals surface area contributed by atoms with Crippen LogP contribution in [0.4, 0.5) is 8.78 Å². The van der Waals surface area contributed by atoms with E-state index in [0.29, 0.717) is 0 Å². The van der Waals surface area contributed by atoms with Crippen molar-refractivity contribution < 1.29 is 13.9 Å². The second-order valence-electron chi connectivity index (χ2n) is 2.58. The number of aliphatic hydroxyl groups excluding tert-OH is 1. The van der Waals surface area contributed by atoms with Crippen molar-refractivity contribution in [2.24, 2.45) is 5.73 Å². The van der Waals surface area contributed by atoms with Gasteiger partial charge < -0.3 is 10.8 Å². The topological polar surface area (TPSA) is 46.2 Å². The van der Waals surface area contributed by atoms with Crippen LogP contribution in [-0.4, -0.2) is 11.7 Å². The summed E-state index contributed by atoms with van der Waals surface area (Å²) in [4.78, 5) is 0. The summed E-state index contributed by atoms with van der Waals surface area (Å²) in [5.74, 6) is -1.12. The van der Waals surface area contributed by atoms with Crippen molar-refractivity contribution in [3.63, 3.8) is 0 Å². The van der Waals surface area contributed by atoms with E-state index >= 15 is 0 Å². The van der Waals surface area contributed by atoms with Crippen molar-refractivity contribution in [1.82, 2.24) is 0 Å². The second kappa shape index (κ2) is 4.30. The maximum atomic E-state index is 13.1. The molecule has 72 valence electrons. The van der Waals surface area contributed by atoms with Gasteiger partial charge in [0.15, 0.2) is 0 Å². The molecule has 13 heavy (non-hydrogen) atoms. The maximum absolute atomic E-state index is 13.1. The molecule has 0 spiro atoms. The van der Waals surface area contributed by atoms with E-state index in [9.17, 15) is 8.78 Å². The largest absolute Gasteiger partial charge is 0.394 e. The fourth-order valence-corrected chi connectivity index (χ4v) is 1.35. The van der Waals surface area contributed by atoms with Crippen molar-refractivity contribution in [2.45, 2.75) is 6.04 Å². The number of nitrogens with two attached hydrogens (primary N) is 1. The van der Waals surface area contributed by atoms with Crippen LogP contribution in [0.5, 0.6) is 0 Å². The number of hydrogen-bond acceptors (Lipinski definition) is 2. The lowest BCUT2D eigenvalue weighted by atomic mass is 10.1. The minimum absolute atomic E-state index is 0.000385. The molecule has 0 aliphatic heterocycles. The molecule has 1 atom stereocenters. The van der Waals surface area contributed by atoms with E-state index in [1.807, 2.05) is 0 Å². The molecule has 0 fully saturated rings. The first-order chi connectivity index (χ1) is 6.06. The van der Waals surface area contributed by atoms with Gasteiger partial charge >= 0.3 is 0 Å². The van der Waals surface area contributed by atoms with Gasteiger partial charge in [0.05, 0.1) is 16.2 Å². The van der Waals surface area contributed by atoms with Crippen LogP contribution in [0, 0.1) is 15.2 Å². The fourth-order valence-electron chi connectivity index (χ4n) is 0.920. The smallest absolute Gasteiger partial charge is 0.137 e. The van der Waals surface area contributed by atoms with Gasteiger partial charge in [-0.05, 0) is 34.7 Å². The van der Waals surface area contributed by atoms with Crippen molar-refractivity contribution >= 4 is 22.6 Å². The van der Waals surface area contributed by atoms with Gasteiger partial charge in [-0.25, -0.2) is 8.78 Å². The highest BCUT2D eigenvalue weighted by Crippen LogP contribution is 2.20. The van der Waals surface area contributed by atoms with Gasteiger partial charge in [-0.1, -0.05) is 0 Å². The molecule has 3 N–H and O–H groups in total. The zero-order valence-corrected chi connectivity index (χ0v) is 8.76. The Hall–Kier alpha value is -0.270. The van der Waals surface area contributed by atoms with Crippen LogP contribution in [0.1, 0.15) is 11.6 Å². The van der Waals surface area contributed by atoms with E-state index in [2.05, 4.69) is 0 Å². The highest BCUT2D eigenvalue weighted by Gasteiger charge is 2.13. The number of aliphatic hydroxyl groups is 1. The Morgan fingerprint density at radius 3 is 2.54 bits per heavy atom. The van der Waals surface area contributed by atoms with E-state index in [1.54, 1.807) is 22.6 Å². The third kappa shape index (κ3) is 2.35. The third-order valence-electron chi connectivity index (χ3n) is 1.64. The molecular weight excluding hydrogens is 291 g/mol. The standard InChI is InChI=1S/C8H8F2INO/c9-5-2-7(11)6(10)1-4(5)8(12)3-13/h1-2,8,13H,3,12H2/t8-/m0/s1. The zero-order valence-electron chi connectivity index (χ0n) is 6.60. The molecular formula is C8H8F2INO. The lowest BCUT2D eigenvalue weighted by molar-refractivity contribution is 0.265. The summed E-state index contributed by atoms with van der Waals surface area (Å²) in [6, 6.07) is 1.20. The Kier molecular flexibility index (Phi) is 3.57. The minimum atomic E-state index is -0.869. The summed E-state index contributed by atoms with van der Waals surface area (Å²) >= 11 is 1.68. The van der Waals surface area contributed by atoms with Crippen LogP contribution in [0.25, 0.3) is 0 Å². The molecule has 0 aromatic heterocycles. The van der Waals surface area contributed by atoms with Crippen LogP contribution in [0.2, 0.25) is 0 Å². The van der Waals surface area contributed by atoms with Gasteiger partial charge in [0, 0.05) is 5.56 Å². The Morgan fingerprint density at radius 2 is 2.00 bits per heavy atom. The predicted octanol–water partition coefficient (Wildman–Crippen LogP) is 1.56. The quantitative estimate of drug-likeness (QED) is 0.643. The van der Waals surface area contributed by atoms with E-state index in [1.165, 1.54) is 0 Å². The highest BCUT2D eigenvalue weighted by atomic mass is 127. The normalized spacial score (nSPS) is 13.0. The predicted molar refractivity (Wildman–Crippen MR) is 53.1 cm³/mol. The van der Waals surface area contributed by atoms with E-state index < -0.39 is 24.3 Å². The number of benzene rings is 1. The van der Waals surface area contributed by atoms with E-state index in [4.69, 9.17) is 10.8 Å². The Bertz CT molecular complexity index is 319. The van der Waals surface area contributed by atoms with Gasteiger partial charge in [0.25, 0.3) is 0 Å². The number of halogens is 3. The van der Waals surface area contributed by atoms with Crippen molar-refractivity contribution in [3.05, 3.63) is 32.9 Å². The summed E-state index contributed by atoms with van der Waals surface area (Å²) in [6.45, 7) is -0.406. The Labute approximate surface area is 87.9 Å². The summed E-state index contributed by atoms with van der Waals surface area (Å²) in [5.41, 5.74) is 5.36. The van der Waals surface area contributed by atoms with E-state index in [-0.39, 0.29) is 9.13 Å². The summed E-state index contributed by atoms with van der Waals surface area (Å²) < 4.78 is 26.2. The molecule has 0 aliphatic carbocycles. The van der Waals surface area contributed by atoms with Gasteiger partial charge in [0.2, 0.25) is 0 Å². The number of hydrogen-bond donors (Lipinski definition) is 2. The first-order valence-electron chi connectivity index (χ1n) is 3.57. The zero-order chi connectivity index (χ0) is 10.0. The molecule has 2 nitrogen and oxygen atoms in total. The fraction of sp³-hybridized carbons (Fsp3) is 0.250. The molecule has 0 radical (unpaired) electrons. The van der Waals surface area contributed by atoms with Crippen LogP contribution >= 0.6 is 22.6 Å². The lowest BCUT2D eigenvalue weighted by Crippen LogP contribution is -2.16. The van der Waals surface area contributed by atoms with Gasteiger partial charge in [-0.3, -0.25) is 0 Å². The first kappa shape index (κ1) is 10.8. The molecule has 0 saturated carbocycles. The molecule has 1 rings (SSSR count). The van der Waals surface area contributed by atoms with Crippen molar-refractivity contribution in [1.29, 1.82) is 0 Å². The average molecular weight is 299 g/mol. The average Bonchev–Trinajstić information content (AvgIpc) is 2.10. The lowest BCUT2D eigenvalue weighted by Gasteiger charge is -2.10. The van der Waals surface area contributed by atoms with Crippen LogP contribution in [0.3, 0.4) is 0 Å². The molecule has 0 heterocycles. The highest BCUT2D eigenvalue weighted by molar-refractivity contribution is 14.1. The van der Waals surface area contributed by atoms with Gasteiger partial charge in [0.1, 0.15) is 11.6 Å². The van der Waals surface area contributed by atoms with Crippen molar-refractivity contribution in [3.8, 4) is 0 Å². The number of rotatable bonds is 2. The first-order valence-corrected chi connectivity index (χ1v) is 4.65. The maximum Gasteiger partial charge on any atom is 0.137 e. The Balaban J connectivity index is 3.15. The summed E-state index contributed by atoms with van der Waals surface area (Å²) in [6.07, 6.45) is 0. The molecule has 1 aromatic carbocycles. The molecule has 0 bridgehead atoms. The van der Waals surface area contributed by atoms with Gasteiger partial charge in [-0.2, -0.15) is 0 Å². The van der Waals surface area contributed by atoms with E-state index in [0.717, 1.165) is 12.1 Å². The SMILES string of the molecule is N[C@@H](CO)c1cc(F)c(I)cc1F. The monoisotopic (exact) mass is 299 g/mol. The van der Waals surface area contributed by atoms with Gasteiger partial charge in [-0.15, -0.1) is 0 Å². The van der Waals surface area contributed by atoms with Crippen LogP contribution in [-0.2, 0) is 0 Å². The molecule has 0 saturated heterocycles.